The van der Waals surface area contributed by atoms with Crippen molar-refractivity contribution in [1.82, 2.24) is 4.98 Å². The lowest BCUT2D eigenvalue weighted by atomic mass is 9.79. The van der Waals surface area contributed by atoms with Gasteiger partial charge in [-0.3, -0.25) is 0 Å². The third-order valence-electron chi connectivity index (χ3n) is 5.20. The van der Waals surface area contributed by atoms with E-state index in [9.17, 15) is 14.3 Å². The van der Waals surface area contributed by atoms with Gasteiger partial charge in [0.1, 0.15) is 17.0 Å². The molecule has 0 radical (unpaired) electrons. The summed E-state index contributed by atoms with van der Waals surface area (Å²) in [6.07, 6.45) is 4.36. The number of halogens is 1. The molecule has 5 rings (SSSR count). The molecule has 146 valence electrons. The second-order valence-corrected chi connectivity index (χ2v) is 9.47. The Balaban J connectivity index is 1.49. The maximum absolute atomic E-state index is 13.3. The zero-order chi connectivity index (χ0) is 20.0. The Morgan fingerprint density at radius 1 is 1.14 bits per heavy atom. The monoisotopic (exact) mass is 425 g/mol. The predicted octanol–water partition coefficient (Wildman–Crippen LogP) is 5.58. The number of benzene rings is 2. The highest BCUT2D eigenvalue weighted by Gasteiger charge is 2.38. The van der Waals surface area contributed by atoms with Crippen LogP contribution in [0.15, 0.2) is 73.2 Å². The maximum Gasteiger partial charge on any atom is 0.336 e. The third kappa shape index (κ3) is 3.50. The van der Waals surface area contributed by atoms with Crippen LogP contribution >= 0.6 is 23.1 Å². The Bertz CT molecular complexity index is 1260. The van der Waals surface area contributed by atoms with Crippen molar-refractivity contribution in [1.29, 1.82) is 0 Å². The molecule has 0 aliphatic heterocycles. The summed E-state index contributed by atoms with van der Waals surface area (Å²) < 4.78 is 19.5. The van der Waals surface area contributed by atoms with Crippen molar-refractivity contribution in [3.63, 3.8) is 0 Å². The van der Waals surface area contributed by atoms with Crippen LogP contribution in [0.5, 0.6) is 0 Å². The van der Waals surface area contributed by atoms with E-state index in [0.717, 1.165) is 44.3 Å². The van der Waals surface area contributed by atoms with Gasteiger partial charge < -0.3 is 9.52 Å². The third-order valence-corrected chi connectivity index (χ3v) is 7.46. The lowest BCUT2D eigenvalue weighted by Crippen LogP contribution is -2.32. The molecular weight excluding hydrogens is 409 g/mol. The molecule has 4 aromatic rings. The van der Waals surface area contributed by atoms with Crippen LogP contribution in [0.3, 0.4) is 0 Å². The van der Waals surface area contributed by atoms with Gasteiger partial charge in [-0.15, -0.1) is 11.3 Å². The van der Waals surface area contributed by atoms with Crippen molar-refractivity contribution in [2.75, 3.05) is 0 Å². The molecule has 2 heterocycles. The van der Waals surface area contributed by atoms with Crippen molar-refractivity contribution in [2.45, 2.75) is 34.1 Å². The summed E-state index contributed by atoms with van der Waals surface area (Å²) in [5, 5.41) is 11.3. The van der Waals surface area contributed by atoms with Crippen LogP contribution in [0.1, 0.15) is 24.1 Å². The minimum absolute atomic E-state index is 0.325. The minimum atomic E-state index is -0.712. The van der Waals surface area contributed by atoms with Crippen LogP contribution in [0.2, 0.25) is 0 Å². The van der Waals surface area contributed by atoms with Crippen molar-refractivity contribution in [2.24, 2.45) is 0 Å². The van der Waals surface area contributed by atoms with Gasteiger partial charge in [0.05, 0.1) is 4.88 Å². The van der Waals surface area contributed by atoms with Crippen molar-refractivity contribution >= 4 is 34.1 Å². The summed E-state index contributed by atoms with van der Waals surface area (Å²) in [5.74, 6) is -0.325. The van der Waals surface area contributed by atoms with Crippen LogP contribution in [0, 0.1) is 5.82 Å². The molecule has 7 heteroatoms. The molecule has 2 aromatic carbocycles. The molecule has 0 unspecified atom stereocenters. The van der Waals surface area contributed by atoms with Gasteiger partial charge in [-0.05, 0) is 60.7 Å². The van der Waals surface area contributed by atoms with Crippen molar-refractivity contribution in [3.8, 4) is 11.1 Å². The molecule has 1 aliphatic rings. The number of aliphatic hydroxyl groups is 1. The number of rotatable bonds is 4. The van der Waals surface area contributed by atoms with E-state index in [1.807, 2.05) is 18.2 Å². The van der Waals surface area contributed by atoms with Crippen LogP contribution in [-0.2, 0) is 5.60 Å². The molecule has 0 amide bonds. The Hall–Kier alpha value is -2.48. The van der Waals surface area contributed by atoms with E-state index >= 15 is 0 Å². The Labute approximate surface area is 174 Å². The molecule has 0 atom stereocenters. The number of aromatic nitrogens is 1. The van der Waals surface area contributed by atoms with Crippen molar-refractivity contribution < 1.29 is 13.9 Å². The highest BCUT2D eigenvalue weighted by molar-refractivity contribution is 8.01. The molecular formula is C22H16FNO3S2. The molecule has 0 bridgehead atoms. The van der Waals surface area contributed by atoms with Gasteiger partial charge in [-0.25, -0.2) is 14.2 Å². The van der Waals surface area contributed by atoms with E-state index in [2.05, 4.69) is 4.98 Å². The average molecular weight is 426 g/mol. The molecule has 0 spiro atoms. The first-order chi connectivity index (χ1) is 14.0. The van der Waals surface area contributed by atoms with E-state index in [1.54, 1.807) is 18.3 Å². The fraction of sp³-hybridized carbons (Fsp3) is 0.182. The first-order valence-electron chi connectivity index (χ1n) is 9.21. The molecule has 1 aliphatic carbocycles. The molecule has 4 nitrogen and oxygen atoms in total. The Morgan fingerprint density at radius 2 is 1.93 bits per heavy atom. The summed E-state index contributed by atoms with van der Waals surface area (Å²) in [7, 11) is 0. The normalized spacial score (nSPS) is 15.4. The van der Waals surface area contributed by atoms with Crippen molar-refractivity contribution in [3.05, 3.63) is 75.8 Å². The lowest BCUT2D eigenvalue weighted by molar-refractivity contribution is -0.0356. The molecule has 2 aromatic heterocycles. The number of hydrogen-bond donors (Lipinski definition) is 1. The van der Waals surface area contributed by atoms with Crippen LogP contribution in [-0.4, -0.2) is 10.1 Å². The van der Waals surface area contributed by atoms with Crippen LogP contribution in [0.4, 0.5) is 4.39 Å². The molecule has 29 heavy (non-hydrogen) atoms. The second-order valence-electron chi connectivity index (χ2n) is 7.12. The quantitative estimate of drug-likeness (QED) is 0.433. The minimum Gasteiger partial charge on any atom is -0.423 e. The smallest absolute Gasteiger partial charge is 0.336 e. The zero-order valence-corrected chi connectivity index (χ0v) is 16.9. The molecule has 1 saturated carbocycles. The highest BCUT2D eigenvalue weighted by Crippen LogP contribution is 2.45. The Kier molecular flexibility index (Phi) is 4.53. The highest BCUT2D eigenvalue weighted by atomic mass is 32.2. The van der Waals surface area contributed by atoms with Crippen LogP contribution in [0.25, 0.3) is 22.1 Å². The average Bonchev–Trinajstić information content (AvgIpc) is 3.14. The predicted molar refractivity (Wildman–Crippen MR) is 112 cm³/mol. The van der Waals surface area contributed by atoms with E-state index < -0.39 is 11.2 Å². The van der Waals surface area contributed by atoms with Gasteiger partial charge in [-0.2, -0.15) is 0 Å². The summed E-state index contributed by atoms with van der Waals surface area (Å²) >= 11 is 2.96. The SMILES string of the molecule is O=c1cc(-c2ccc(F)cc2)c2ccc(Sc3ncc(C4(O)CCC4)s3)cc2o1. The molecule has 1 fully saturated rings. The maximum atomic E-state index is 13.3. The number of hydrogen-bond acceptors (Lipinski definition) is 6. The van der Waals surface area contributed by atoms with Gasteiger partial charge in [-0.1, -0.05) is 23.9 Å². The topological polar surface area (TPSA) is 63.3 Å². The van der Waals surface area contributed by atoms with Gasteiger partial charge in [0.2, 0.25) is 0 Å². The number of nitrogens with zero attached hydrogens (tertiary/aromatic N) is 1. The molecule has 1 N–H and O–H groups in total. The summed E-state index contributed by atoms with van der Waals surface area (Å²) in [4.78, 5) is 18.3. The second kappa shape index (κ2) is 7.09. The van der Waals surface area contributed by atoms with E-state index in [1.165, 1.54) is 41.3 Å². The molecule has 0 saturated heterocycles. The fourth-order valence-corrected chi connectivity index (χ4v) is 5.58. The van der Waals surface area contributed by atoms with E-state index in [0.29, 0.717) is 11.1 Å². The van der Waals surface area contributed by atoms with E-state index in [4.69, 9.17) is 4.42 Å². The van der Waals surface area contributed by atoms with Gasteiger partial charge in [0.15, 0.2) is 4.34 Å². The zero-order valence-electron chi connectivity index (χ0n) is 15.2. The lowest BCUT2D eigenvalue weighted by Gasteiger charge is -2.35. The summed E-state index contributed by atoms with van der Waals surface area (Å²) in [6.45, 7) is 0. The largest absolute Gasteiger partial charge is 0.423 e. The van der Waals surface area contributed by atoms with Crippen LogP contribution < -0.4 is 5.63 Å². The van der Waals surface area contributed by atoms with E-state index in [-0.39, 0.29) is 5.82 Å². The first kappa shape index (κ1) is 18.5. The van der Waals surface area contributed by atoms with Gasteiger partial charge >= 0.3 is 5.63 Å². The number of thiazole rings is 1. The Morgan fingerprint density at radius 3 is 2.66 bits per heavy atom. The van der Waals surface area contributed by atoms with Gasteiger partial charge in [0.25, 0.3) is 0 Å². The van der Waals surface area contributed by atoms with Gasteiger partial charge in [0, 0.05) is 22.5 Å². The fourth-order valence-electron chi connectivity index (χ4n) is 3.45. The standard InChI is InChI=1S/C22H16FNO3S2/c23-14-4-2-13(3-5-14)17-11-20(25)27-18-10-15(6-7-16(17)18)28-21-24-12-19(29-21)22(26)8-1-9-22/h2-7,10-12,26H,1,8-9H2. The summed E-state index contributed by atoms with van der Waals surface area (Å²) in [5.41, 5.74) is 0.759. The number of fused-ring (bicyclic) bond motifs is 1. The first-order valence-corrected chi connectivity index (χ1v) is 10.8. The summed E-state index contributed by atoms with van der Waals surface area (Å²) in [6, 6.07) is 13.1.